The topological polar surface area (TPSA) is 40.6 Å². The summed E-state index contributed by atoms with van der Waals surface area (Å²) in [5, 5.41) is 0. The molecule has 0 saturated heterocycles. The van der Waals surface area contributed by atoms with Gasteiger partial charge in [0.2, 0.25) is 12.3 Å². The Labute approximate surface area is 105 Å². The van der Waals surface area contributed by atoms with Crippen molar-refractivity contribution in [2.45, 2.75) is 46.6 Å². The number of rotatable bonds is 8. The fourth-order valence-corrected chi connectivity index (χ4v) is 1.75. The monoisotopic (exact) mass is 242 g/mol. The lowest BCUT2D eigenvalue weighted by molar-refractivity contribution is -0.139. The van der Waals surface area contributed by atoms with E-state index >= 15 is 0 Å². The Kier molecular flexibility index (Phi) is 7.59. The van der Waals surface area contributed by atoms with Crippen LogP contribution in [0.25, 0.3) is 0 Å². The molecule has 0 radical (unpaired) electrons. The number of carbonyl (C=O) groups excluding carboxylic acids is 2. The third kappa shape index (κ3) is 4.75. The largest absolute Gasteiger partial charge is 0.344 e. The van der Waals surface area contributed by atoms with Crippen LogP contribution in [0.5, 0.6) is 0 Å². The Balaban J connectivity index is 4.54. The van der Waals surface area contributed by atoms with E-state index in [2.05, 4.69) is 13.8 Å². The van der Waals surface area contributed by atoms with Crippen molar-refractivity contribution in [3.05, 3.63) is 0 Å². The average molecular weight is 242 g/mol. The molecule has 0 bridgehead atoms. The fourth-order valence-electron chi connectivity index (χ4n) is 1.75. The van der Waals surface area contributed by atoms with E-state index in [4.69, 9.17) is 0 Å². The van der Waals surface area contributed by atoms with Gasteiger partial charge in [-0.25, -0.2) is 0 Å². The molecular weight excluding hydrogens is 216 g/mol. The molecule has 0 aromatic heterocycles. The third-order valence-electron chi connectivity index (χ3n) is 3.46. The minimum Gasteiger partial charge on any atom is -0.344 e. The molecule has 4 heteroatoms. The molecule has 0 spiro atoms. The normalized spacial score (nSPS) is 12.4. The van der Waals surface area contributed by atoms with Crippen molar-refractivity contribution in [3.8, 4) is 0 Å². The van der Waals surface area contributed by atoms with E-state index in [0.717, 1.165) is 19.3 Å². The van der Waals surface area contributed by atoms with E-state index in [1.54, 1.807) is 23.8 Å². The van der Waals surface area contributed by atoms with Crippen molar-refractivity contribution in [1.29, 1.82) is 0 Å². The van der Waals surface area contributed by atoms with Crippen molar-refractivity contribution in [3.63, 3.8) is 0 Å². The van der Waals surface area contributed by atoms with E-state index in [1.165, 1.54) is 0 Å². The minimum atomic E-state index is -0.363. The fraction of sp³-hybridized carbons (Fsp3) is 0.846. The summed E-state index contributed by atoms with van der Waals surface area (Å²) in [6, 6.07) is -0.363. The van der Waals surface area contributed by atoms with Crippen LogP contribution < -0.4 is 0 Å². The highest BCUT2D eigenvalue weighted by Crippen LogP contribution is 2.11. The molecule has 4 nitrogen and oxygen atoms in total. The highest BCUT2D eigenvalue weighted by atomic mass is 16.2. The van der Waals surface area contributed by atoms with Crippen LogP contribution in [0.4, 0.5) is 0 Å². The first kappa shape index (κ1) is 15.9. The first-order chi connectivity index (χ1) is 8.01. The molecule has 0 rings (SSSR count). The SMILES string of the molecule is CCC(CC)CN(C=O)C(C)C(=O)N(C)CC. The van der Waals surface area contributed by atoms with Crippen molar-refractivity contribution in [2.24, 2.45) is 5.92 Å². The lowest BCUT2D eigenvalue weighted by Crippen LogP contribution is -2.46. The summed E-state index contributed by atoms with van der Waals surface area (Å²) in [5.41, 5.74) is 0. The van der Waals surface area contributed by atoms with E-state index in [9.17, 15) is 9.59 Å². The minimum absolute atomic E-state index is 0.00514. The van der Waals surface area contributed by atoms with Gasteiger partial charge in [-0.05, 0) is 19.8 Å². The lowest BCUT2D eigenvalue weighted by atomic mass is 10.0. The number of amides is 2. The van der Waals surface area contributed by atoms with Gasteiger partial charge in [0.25, 0.3) is 0 Å². The van der Waals surface area contributed by atoms with Crippen LogP contribution in [-0.4, -0.2) is 48.3 Å². The second-order valence-electron chi connectivity index (χ2n) is 4.51. The van der Waals surface area contributed by atoms with Gasteiger partial charge in [-0.1, -0.05) is 26.7 Å². The number of hydrogen-bond acceptors (Lipinski definition) is 2. The van der Waals surface area contributed by atoms with E-state index in [1.807, 2.05) is 6.92 Å². The van der Waals surface area contributed by atoms with Crippen LogP contribution in [0.2, 0.25) is 0 Å². The quantitative estimate of drug-likeness (QED) is 0.608. The van der Waals surface area contributed by atoms with Crippen LogP contribution >= 0.6 is 0 Å². The molecule has 0 N–H and O–H groups in total. The van der Waals surface area contributed by atoms with Gasteiger partial charge >= 0.3 is 0 Å². The average Bonchev–Trinajstić information content (AvgIpc) is 2.37. The van der Waals surface area contributed by atoms with Gasteiger partial charge in [0.05, 0.1) is 0 Å². The molecule has 0 heterocycles. The van der Waals surface area contributed by atoms with Crippen molar-refractivity contribution in [1.82, 2.24) is 9.80 Å². The maximum absolute atomic E-state index is 12.0. The Hall–Kier alpha value is -1.06. The smallest absolute Gasteiger partial charge is 0.244 e. The van der Waals surface area contributed by atoms with Gasteiger partial charge in [-0.2, -0.15) is 0 Å². The molecule has 1 atom stereocenters. The Bertz CT molecular complexity index is 240. The molecule has 0 aliphatic rings. The molecule has 0 fully saturated rings. The van der Waals surface area contributed by atoms with E-state index < -0.39 is 0 Å². The summed E-state index contributed by atoms with van der Waals surface area (Å²) in [4.78, 5) is 26.3. The molecule has 17 heavy (non-hydrogen) atoms. The summed E-state index contributed by atoms with van der Waals surface area (Å²) < 4.78 is 0. The van der Waals surface area contributed by atoms with Crippen molar-refractivity contribution >= 4 is 12.3 Å². The number of likely N-dealkylation sites (N-methyl/N-ethyl adjacent to an activating group) is 1. The summed E-state index contributed by atoms with van der Waals surface area (Å²) in [6.07, 6.45) is 2.86. The van der Waals surface area contributed by atoms with Crippen LogP contribution in [0, 0.1) is 5.92 Å². The first-order valence-electron chi connectivity index (χ1n) is 6.47. The predicted octanol–water partition coefficient (Wildman–Crippen LogP) is 1.75. The maximum atomic E-state index is 12.0. The zero-order valence-corrected chi connectivity index (χ0v) is 11.8. The zero-order valence-electron chi connectivity index (χ0n) is 11.8. The zero-order chi connectivity index (χ0) is 13.4. The van der Waals surface area contributed by atoms with Gasteiger partial charge in [0, 0.05) is 20.1 Å². The van der Waals surface area contributed by atoms with Gasteiger partial charge in [-0.3, -0.25) is 9.59 Å². The molecular formula is C13H26N2O2. The van der Waals surface area contributed by atoms with Crippen LogP contribution in [0.3, 0.4) is 0 Å². The first-order valence-corrected chi connectivity index (χ1v) is 6.47. The summed E-state index contributed by atoms with van der Waals surface area (Å²) in [7, 11) is 1.76. The number of hydrogen-bond donors (Lipinski definition) is 0. The molecule has 1 unspecified atom stereocenters. The van der Waals surface area contributed by atoms with Crippen LogP contribution in [0.1, 0.15) is 40.5 Å². The van der Waals surface area contributed by atoms with E-state index in [0.29, 0.717) is 19.0 Å². The predicted molar refractivity (Wildman–Crippen MR) is 69.6 cm³/mol. The standard InChI is InChI=1S/C13H26N2O2/c1-6-12(7-2)9-15(10-16)11(4)13(17)14(5)8-3/h10-12H,6-9H2,1-5H3. The summed E-state index contributed by atoms with van der Waals surface area (Å²) in [6.45, 7) is 9.29. The highest BCUT2D eigenvalue weighted by molar-refractivity contribution is 5.83. The Morgan fingerprint density at radius 1 is 1.24 bits per heavy atom. The molecule has 0 aliphatic carbocycles. The van der Waals surface area contributed by atoms with Gasteiger partial charge in [-0.15, -0.1) is 0 Å². The number of nitrogens with zero attached hydrogens (tertiary/aromatic N) is 2. The molecule has 0 saturated carbocycles. The molecule has 0 aromatic rings. The van der Waals surface area contributed by atoms with Crippen LogP contribution in [-0.2, 0) is 9.59 Å². The third-order valence-corrected chi connectivity index (χ3v) is 3.46. The van der Waals surface area contributed by atoms with Crippen molar-refractivity contribution in [2.75, 3.05) is 20.1 Å². The van der Waals surface area contributed by atoms with Gasteiger partial charge in [0.1, 0.15) is 6.04 Å². The van der Waals surface area contributed by atoms with E-state index in [-0.39, 0.29) is 11.9 Å². The van der Waals surface area contributed by atoms with Crippen molar-refractivity contribution < 1.29 is 9.59 Å². The molecule has 0 aromatic carbocycles. The second kappa shape index (κ2) is 8.09. The second-order valence-corrected chi connectivity index (χ2v) is 4.51. The Morgan fingerprint density at radius 3 is 2.12 bits per heavy atom. The van der Waals surface area contributed by atoms with Gasteiger partial charge < -0.3 is 9.80 Å². The van der Waals surface area contributed by atoms with Gasteiger partial charge in [0.15, 0.2) is 0 Å². The summed E-state index contributed by atoms with van der Waals surface area (Å²) >= 11 is 0. The Morgan fingerprint density at radius 2 is 1.76 bits per heavy atom. The molecule has 100 valence electrons. The lowest BCUT2D eigenvalue weighted by Gasteiger charge is -2.30. The summed E-state index contributed by atoms with van der Waals surface area (Å²) in [5.74, 6) is 0.480. The van der Waals surface area contributed by atoms with Crippen LogP contribution in [0.15, 0.2) is 0 Å². The maximum Gasteiger partial charge on any atom is 0.244 e. The number of carbonyl (C=O) groups is 2. The highest BCUT2D eigenvalue weighted by Gasteiger charge is 2.23. The molecule has 0 aliphatic heterocycles. The molecule has 2 amide bonds.